The molecule has 2 spiro atoms. The summed E-state index contributed by atoms with van der Waals surface area (Å²) in [5, 5.41) is 34.6. The van der Waals surface area contributed by atoms with Gasteiger partial charge >= 0.3 is 0 Å². The van der Waals surface area contributed by atoms with Crippen LogP contribution in [0.3, 0.4) is 0 Å². The van der Waals surface area contributed by atoms with Crippen LogP contribution in [-0.2, 0) is 28.5 Å². The van der Waals surface area contributed by atoms with Gasteiger partial charge in [-0.2, -0.15) is 0 Å². The van der Waals surface area contributed by atoms with Crippen molar-refractivity contribution in [2.24, 2.45) is 34.5 Å². The molecule has 8 rings (SSSR count). The van der Waals surface area contributed by atoms with Crippen LogP contribution >= 0.6 is 0 Å². The van der Waals surface area contributed by atoms with Crippen LogP contribution in [0.1, 0.15) is 71.1 Å². The standard InChI is InChI=1S/C29H42O9/c1-16-10-23(31)29(33)24(36-16)37-20-11-17-2-3-19-18(25(17,13-30)12-21(20)38-29)4-6-26-14-35-27(8-9-34-15-27)22(26)5-7-28(19,26)32/h13,16-24,31-33H,2-12,14-15H2,1H3/t16-,17+,18+,19-,20-,21-,22+,23+,24+,25-,26+,27-,28+,29+/m1/s1. The second-order valence-electron chi connectivity index (χ2n) is 14.1. The summed E-state index contributed by atoms with van der Waals surface area (Å²) in [6.45, 7) is 3.79. The van der Waals surface area contributed by atoms with E-state index < -0.39 is 35.3 Å². The summed E-state index contributed by atoms with van der Waals surface area (Å²) >= 11 is 0. The summed E-state index contributed by atoms with van der Waals surface area (Å²) < 4.78 is 30.7. The first-order chi connectivity index (χ1) is 18.2. The fourth-order valence-corrected chi connectivity index (χ4v) is 11.2. The highest BCUT2D eigenvalue weighted by atomic mass is 16.8. The Labute approximate surface area is 223 Å². The third-order valence-corrected chi connectivity index (χ3v) is 13.0. The second kappa shape index (κ2) is 8.00. The number of rotatable bonds is 1. The van der Waals surface area contributed by atoms with Gasteiger partial charge in [-0.25, -0.2) is 0 Å². The fraction of sp³-hybridized carbons (Fsp3) is 0.966. The van der Waals surface area contributed by atoms with Crippen molar-refractivity contribution in [3.8, 4) is 0 Å². The molecule has 4 saturated heterocycles. The van der Waals surface area contributed by atoms with E-state index in [4.69, 9.17) is 23.7 Å². The number of ether oxygens (including phenoxy) is 5. The number of aliphatic hydroxyl groups excluding tert-OH is 1. The Morgan fingerprint density at radius 1 is 0.921 bits per heavy atom. The summed E-state index contributed by atoms with van der Waals surface area (Å²) in [7, 11) is 0. The average Bonchev–Trinajstić information content (AvgIpc) is 3.57. The minimum absolute atomic E-state index is 0.0325. The Balaban J connectivity index is 1.10. The van der Waals surface area contributed by atoms with E-state index in [9.17, 15) is 20.1 Å². The number of fused-ring (bicyclic) bond motifs is 7. The highest BCUT2D eigenvalue weighted by Gasteiger charge is 2.76. The molecule has 8 fully saturated rings. The topological polar surface area (TPSA) is 124 Å². The van der Waals surface area contributed by atoms with Gasteiger partial charge in [0.1, 0.15) is 12.4 Å². The van der Waals surface area contributed by atoms with Gasteiger partial charge in [-0.1, -0.05) is 0 Å². The Morgan fingerprint density at radius 3 is 2.58 bits per heavy atom. The number of carbonyl (C=O) groups excluding carboxylic acids is 1. The average molecular weight is 535 g/mol. The van der Waals surface area contributed by atoms with Gasteiger partial charge in [0, 0.05) is 36.2 Å². The molecule has 3 N–H and O–H groups in total. The maximum absolute atomic E-state index is 13.2. The van der Waals surface area contributed by atoms with Gasteiger partial charge < -0.3 is 43.8 Å². The first-order valence-electron chi connectivity index (χ1n) is 15.0. The summed E-state index contributed by atoms with van der Waals surface area (Å²) in [5.74, 6) is -1.42. The minimum Gasteiger partial charge on any atom is -0.389 e. The van der Waals surface area contributed by atoms with Crippen molar-refractivity contribution in [2.75, 3.05) is 19.8 Å². The van der Waals surface area contributed by atoms with Crippen LogP contribution < -0.4 is 0 Å². The zero-order valence-corrected chi connectivity index (χ0v) is 22.3. The highest BCUT2D eigenvalue weighted by molar-refractivity contribution is 5.62. The Morgan fingerprint density at radius 2 is 1.79 bits per heavy atom. The van der Waals surface area contributed by atoms with E-state index in [1.165, 1.54) is 0 Å². The van der Waals surface area contributed by atoms with Gasteiger partial charge in [0.15, 0.2) is 0 Å². The smallest absolute Gasteiger partial charge is 0.245 e. The molecule has 0 unspecified atom stereocenters. The lowest BCUT2D eigenvalue weighted by Crippen LogP contribution is -2.71. The normalized spacial score (nSPS) is 62.8. The van der Waals surface area contributed by atoms with E-state index in [-0.39, 0.29) is 47.4 Å². The van der Waals surface area contributed by atoms with Crippen LogP contribution in [0.2, 0.25) is 0 Å². The summed E-state index contributed by atoms with van der Waals surface area (Å²) in [5.41, 5.74) is -2.01. The molecule has 4 aliphatic heterocycles. The van der Waals surface area contributed by atoms with Gasteiger partial charge in [-0.05, 0) is 76.0 Å². The number of hydrogen-bond acceptors (Lipinski definition) is 9. The molecule has 9 nitrogen and oxygen atoms in total. The molecule has 8 aliphatic rings. The van der Waals surface area contributed by atoms with Crippen molar-refractivity contribution in [1.82, 2.24) is 0 Å². The van der Waals surface area contributed by atoms with Crippen LogP contribution in [-0.4, -0.2) is 89.1 Å². The SMILES string of the molecule is C[C@@H]1C[C@H](O)[C@]2(O)O[C@@H]3C[C@@]4(C=O)[C@@H](CC[C@@H]5[C@@H]4CC[C@]46CO[C@@]7(CCOC7)[C@H]4CC[C@]56O)C[C@H]3O[C@@H]2O1. The molecule has 38 heavy (non-hydrogen) atoms. The predicted octanol–water partition coefficient (Wildman–Crippen LogP) is 1.69. The van der Waals surface area contributed by atoms with Crippen LogP contribution in [0.15, 0.2) is 0 Å². The molecule has 0 aromatic rings. The molecule has 0 aromatic carbocycles. The molecule has 0 radical (unpaired) electrons. The lowest BCUT2D eigenvalue weighted by molar-refractivity contribution is -0.457. The van der Waals surface area contributed by atoms with E-state index in [0.29, 0.717) is 32.0 Å². The van der Waals surface area contributed by atoms with E-state index in [2.05, 4.69) is 0 Å². The molecule has 212 valence electrons. The Kier molecular flexibility index (Phi) is 5.28. The van der Waals surface area contributed by atoms with E-state index in [1.807, 2.05) is 6.92 Å². The first-order valence-corrected chi connectivity index (χ1v) is 15.0. The molecule has 4 saturated carbocycles. The molecule has 0 bridgehead atoms. The molecule has 0 aromatic heterocycles. The molecule has 4 aliphatic carbocycles. The minimum atomic E-state index is -1.94. The summed E-state index contributed by atoms with van der Waals surface area (Å²) in [4.78, 5) is 13.2. The predicted molar refractivity (Wildman–Crippen MR) is 131 cm³/mol. The molecule has 9 heteroatoms. The lowest BCUT2D eigenvalue weighted by Gasteiger charge is -2.64. The summed E-state index contributed by atoms with van der Waals surface area (Å²) in [6, 6.07) is 0. The van der Waals surface area contributed by atoms with Gasteiger partial charge in [-0.15, -0.1) is 0 Å². The largest absolute Gasteiger partial charge is 0.389 e. The van der Waals surface area contributed by atoms with Gasteiger partial charge in [0.25, 0.3) is 0 Å². The number of hydrogen-bond donors (Lipinski definition) is 3. The molecular formula is C29H42O9. The van der Waals surface area contributed by atoms with Crippen molar-refractivity contribution in [3.05, 3.63) is 0 Å². The van der Waals surface area contributed by atoms with Crippen LogP contribution in [0, 0.1) is 34.5 Å². The zero-order chi connectivity index (χ0) is 26.1. The monoisotopic (exact) mass is 534 g/mol. The Hall–Kier alpha value is -0.650. The van der Waals surface area contributed by atoms with Crippen LogP contribution in [0.5, 0.6) is 0 Å². The maximum atomic E-state index is 13.2. The van der Waals surface area contributed by atoms with Crippen molar-refractivity contribution in [3.63, 3.8) is 0 Å². The van der Waals surface area contributed by atoms with Crippen LogP contribution in [0.4, 0.5) is 0 Å². The first kappa shape index (κ1) is 25.1. The van der Waals surface area contributed by atoms with E-state index >= 15 is 0 Å². The maximum Gasteiger partial charge on any atom is 0.245 e. The van der Waals surface area contributed by atoms with Gasteiger partial charge in [-0.3, -0.25) is 0 Å². The lowest BCUT2D eigenvalue weighted by atomic mass is 9.42. The zero-order valence-electron chi connectivity index (χ0n) is 22.3. The fourth-order valence-electron chi connectivity index (χ4n) is 11.2. The number of aldehydes is 1. The molecule has 0 amide bonds. The quantitative estimate of drug-likeness (QED) is 0.341. The van der Waals surface area contributed by atoms with E-state index in [0.717, 1.165) is 57.8 Å². The highest BCUT2D eigenvalue weighted by Crippen LogP contribution is 2.73. The molecule has 4 heterocycles. The second-order valence-corrected chi connectivity index (χ2v) is 14.1. The molecular weight excluding hydrogens is 492 g/mol. The number of aliphatic hydroxyl groups is 3. The van der Waals surface area contributed by atoms with Crippen molar-refractivity contribution < 1.29 is 43.8 Å². The van der Waals surface area contributed by atoms with E-state index in [1.54, 1.807) is 0 Å². The van der Waals surface area contributed by atoms with Gasteiger partial charge in [0.2, 0.25) is 12.1 Å². The van der Waals surface area contributed by atoms with Crippen LogP contribution in [0.25, 0.3) is 0 Å². The third-order valence-electron chi connectivity index (χ3n) is 13.0. The van der Waals surface area contributed by atoms with Gasteiger partial charge in [0.05, 0.1) is 42.7 Å². The van der Waals surface area contributed by atoms with Crippen molar-refractivity contribution >= 4 is 6.29 Å². The van der Waals surface area contributed by atoms with Crippen molar-refractivity contribution in [2.45, 2.75) is 119 Å². The Bertz CT molecular complexity index is 1000. The molecule has 14 atom stereocenters. The third kappa shape index (κ3) is 2.88. The number of carbonyl (C=O) groups is 1. The van der Waals surface area contributed by atoms with Crippen molar-refractivity contribution in [1.29, 1.82) is 0 Å². The summed E-state index contributed by atoms with van der Waals surface area (Å²) in [6.07, 6.45) is 5.40.